The Hall–Kier alpha value is -3.20. The van der Waals surface area contributed by atoms with Crippen molar-refractivity contribution in [1.82, 2.24) is 4.98 Å². The Morgan fingerprint density at radius 2 is 1.90 bits per heavy atom. The third-order valence-corrected chi connectivity index (χ3v) is 2.48. The van der Waals surface area contributed by atoms with Crippen molar-refractivity contribution in [2.75, 3.05) is 0 Å². The summed E-state index contributed by atoms with van der Waals surface area (Å²) in [6.45, 7) is 0. The third kappa shape index (κ3) is 3.40. The fraction of sp³-hybridized carbons (Fsp3) is 0. The van der Waals surface area contributed by atoms with E-state index in [2.05, 4.69) is 15.2 Å². The molecule has 0 amide bonds. The summed E-state index contributed by atoms with van der Waals surface area (Å²) in [6, 6.07) is 13.1. The standard InChI is InChI=1S/C14H12N6/c15-7-11-3-6-13(18-8-11)12-4-1-10(2-5-12)9-19-20-14(16)17/h1-6,8-9H,(H4,16,17,20). The molecule has 0 bridgehead atoms. The van der Waals surface area contributed by atoms with Crippen LogP contribution in [0.25, 0.3) is 11.3 Å². The quantitative estimate of drug-likeness (QED) is 0.493. The van der Waals surface area contributed by atoms with Gasteiger partial charge in [-0.2, -0.15) is 10.4 Å². The van der Waals surface area contributed by atoms with Crippen molar-refractivity contribution in [2.45, 2.75) is 0 Å². The molecule has 0 aliphatic heterocycles. The summed E-state index contributed by atoms with van der Waals surface area (Å²) < 4.78 is 0. The number of hydrogen-bond acceptors (Lipinski definition) is 4. The molecule has 0 radical (unpaired) electrons. The lowest BCUT2D eigenvalue weighted by Crippen LogP contribution is -2.21. The summed E-state index contributed by atoms with van der Waals surface area (Å²) >= 11 is 0. The van der Waals surface area contributed by atoms with Crippen LogP contribution in [0.2, 0.25) is 0 Å². The SMILES string of the molecule is N#Cc1ccc(-c2ccc(C=NN=C(N)N)cc2)nc1. The van der Waals surface area contributed by atoms with Gasteiger partial charge in [0.2, 0.25) is 5.96 Å². The molecular weight excluding hydrogens is 252 g/mol. The van der Waals surface area contributed by atoms with Crippen LogP contribution in [0, 0.1) is 11.3 Å². The largest absolute Gasteiger partial charge is 0.369 e. The van der Waals surface area contributed by atoms with Crippen molar-refractivity contribution < 1.29 is 0 Å². The maximum absolute atomic E-state index is 8.72. The monoisotopic (exact) mass is 264 g/mol. The number of nitriles is 1. The van der Waals surface area contributed by atoms with Gasteiger partial charge in [-0.1, -0.05) is 24.3 Å². The van der Waals surface area contributed by atoms with Gasteiger partial charge in [-0.3, -0.25) is 4.98 Å². The molecule has 0 atom stereocenters. The number of nitrogens with zero attached hydrogens (tertiary/aromatic N) is 4. The Kier molecular flexibility index (Phi) is 4.04. The first-order valence-corrected chi connectivity index (χ1v) is 5.77. The summed E-state index contributed by atoms with van der Waals surface area (Å²) in [4.78, 5) is 4.22. The van der Waals surface area contributed by atoms with Gasteiger partial charge in [-0.15, -0.1) is 5.10 Å². The van der Waals surface area contributed by atoms with Crippen molar-refractivity contribution in [2.24, 2.45) is 21.7 Å². The molecule has 0 spiro atoms. The van der Waals surface area contributed by atoms with Crippen molar-refractivity contribution in [3.05, 3.63) is 53.7 Å². The van der Waals surface area contributed by atoms with Gasteiger partial charge < -0.3 is 11.5 Å². The van der Waals surface area contributed by atoms with E-state index in [-0.39, 0.29) is 5.96 Å². The van der Waals surface area contributed by atoms with Gasteiger partial charge in [0.05, 0.1) is 17.5 Å². The Bertz CT molecular complexity index is 673. The molecule has 1 aromatic heterocycles. The van der Waals surface area contributed by atoms with Crippen LogP contribution in [-0.4, -0.2) is 17.2 Å². The Morgan fingerprint density at radius 1 is 1.15 bits per heavy atom. The number of benzene rings is 1. The summed E-state index contributed by atoms with van der Waals surface area (Å²) in [5.74, 6) is -0.0837. The van der Waals surface area contributed by atoms with E-state index in [1.165, 1.54) is 0 Å². The minimum Gasteiger partial charge on any atom is -0.369 e. The van der Waals surface area contributed by atoms with Gasteiger partial charge in [-0.25, -0.2) is 0 Å². The van der Waals surface area contributed by atoms with E-state index in [1.807, 2.05) is 30.3 Å². The number of hydrogen-bond donors (Lipinski definition) is 2. The minimum absolute atomic E-state index is 0.0837. The molecule has 0 aliphatic carbocycles. The molecule has 0 saturated heterocycles. The maximum atomic E-state index is 8.72. The number of nitrogens with two attached hydrogens (primary N) is 2. The highest BCUT2D eigenvalue weighted by Crippen LogP contribution is 2.17. The number of rotatable bonds is 3. The van der Waals surface area contributed by atoms with Gasteiger partial charge in [0.15, 0.2) is 0 Å². The molecule has 6 heteroatoms. The fourth-order valence-electron chi connectivity index (χ4n) is 1.53. The second-order valence-electron chi connectivity index (χ2n) is 3.94. The lowest BCUT2D eigenvalue weighted by molar-refractivity contribution is 1.21. The van der Waals surface area contributed by atoms with E-state index < -0.39 is 0 Å². The highest BCUT2D eigenvalue weighted by atomic mass is 15.3. The lowest BCUT2D eigenvalue weighted by atomic mass is 10.1. The lowest BCUT2D eigenvalue weighted by Gasteiger charge is -2.01. The van der Waals surface area contributed by atoms with Crippen molar-refractivity contribution in [3.63, 3.8) is 0 Å². The average Bonchev–Trinajstić information content (AvgIpc) is 2.48. The van der Waals surface area contributed by atoms with Crippen molar-refractivity contribution >= 4 is 12.2 Å². The van der Waals surface area contributed by atoms with E-state index in [1.54, 1.807) is 24.5 Å². The second kappa shape index (κ2) is 6.11. The predicted molar refractivity (Wildman–Crippen MR) is 77.8 cm³/mol. The second-order valence-corrected chi connectivity index (χ2v) is 3.94. The van der Waals surface area contributed by atoms with E-state index in [4.69, 9.17) is 16.7 Å². The average molecular weight is 264 g/mol. The highest BCUT2D eigenvalue weighted by molar-refractivity contribution is 5.82. The summed E-state index contributed by atoms with van der Waals surface area (Å²) in [6.07, 6.45) is 3.10. The van der Waals surface area contributed by atoms with Gasteiger partial charge in [-0.05, 0) is 17.7 Å². The van der Waals surface area contributed by atoms with Crippen LogP contribution in [0.15, 0.2) is 52.8 Å². The number of pyridine rings is 1. The Morgan fingerprint density at radius 3 is 2.45 bits per heavy atom. The van der Waals surface area contributed by atoms with E-state index in [0.717, 1.165) is 16.8 Å². The zero-order chi connectivity index (χ0) is 14.4. The summed E-state index contributed by atoms with van der Waals surface area (Å²) in [5, 5.41) is 16.0. The van der Waals surface area contributed by atoms with Crippen LogP contribution >= 0.6 is 0 Å². The van der Waals surface area contributed by atoms with Crippen LogP contribution in [0.1, 0.15) is 11.1 Å². The molecule has 2 aromatic rings. The number of guanidine groups is 1. The molecule has 20 heavy (non-hydrogen) atoms. The first-order valence-electron chi connectivity index (χ1n) is 5.77. The molecule has 2 rings (SSSR count). The fourth-order valence-corrected chi connectivity index (χ4v) is 1.53. The van der Waals surface area contributed by atoms with E-state index >= 15 is 0 Å². The first-order chi connectivity index (χ1) is 9.69. The van der Waals surface area contributed by atoms with E-state index in [0.29, 0.717) is 5.56 Å². The van der Waals surface area contributed by atoms with Gasteiger partial charge in [0, 0.05) is 11.8 Å². The normalized spacial score (nSPS) is 10.2. The van der Waals surface area contributed by atoms with Gasteiger partial charge in [0.1, 0.15) is 6.07 Å². The van der Waals surface area contributed by atoms with Gasteiger partial charge >= 0.3 is 0 Å². The van der Waals surface area contributed by atoms with Gasteiger partial charge in [0.25, 0.3) is 0 Å². The zero-order valence-electron chi connectivity index (χ0n) is 10.6. The molecule has 6 nitrogen and oxygen atoms in total. The van der Waals surface area contributed by atoms with Crippen molar-refractivity contribution in [3.8, 4) is 17.3 Å². The highest BCUT2D eigenvalue weighted by Gasteiger charge is 1.99. The minimum atomic E-state index is -0.0837. The zero-order valence-corrected chi connectivity index (χ0v) is 10.6. The molecule has 0 saturated carbocycles. The summed E-state index contributed by atoms with van der Waals surface area (Å²) in [5.41, 5.74) is 13.5. The molecular formula is C14H12N6. The smallest absolute Gasteiger partial charge is 0.211 e. The molecule has 4 N–H and O–H groups in total. The first kappa shape index (κ1) is 13.2. The molecule has 1 aromatic carbocycles. The van der Waals surface area contributed by atoms with Crippen LogP contribution in [0.4, 0.5) is 0 Å². The van der Waals surface area contributed by atoms with Crippen LogP contribution in [-0.2, 0) is 0 Å². The van der Waals surface area contributed by atoms with Crippen LogP contribution in [0.5, 0.6) is 0 Å². The predicted octanol–water partition coefficient (Wildman–Crippen LogP) is 1.23. The molecule has 0 unspecified atom stereocenters. The van der Waals surface area contributed by atoms with Crippen LogP contribution < -0.4 is 11.5 Å². The van der Waals surface area contributed by atoms with E-state index in [9.17, 15) is 0 Å². The molecule has 0 fully saturated rings. The molecule has 1 heterocycles. The van der Waals surface area contributed by atoms with Crippen molar-refractivity contribution in [1.29, 1.82) is 5.26 Å². The number of aromatic nitrogens is 1. The van der Waals surface area contributed by atoms with Crippen LogP contribution in [0.3, 0.4) is 0 Å². The Labute approximate surface area is 116 Å². The molecule has 98 valence electrons. The maximum Gasteiger partial charge on any atom is 0.211 e. The summed E-state index contributed by atoms with van der Waals surface area (Å²) in [7, 11) is 0. The topological polar surface area (TPSA) is 113 Å². The molecule has 0 aliphatic rings. The Balaban J connectivity index is 2.17. The third-order valence-electron chi connectivity index (χ3n) is 2.48.